The van der Waals surface area contributed by atoms with Crippen molar-refractivity contribution in [3.63, 3.8) is 0 Å². The molecule has 2 fully saturated rings. The number of nitrogens with zero attached hydrogens (tertiary/aromatic N) is 2. The van der Waals surface area contributed by atoms with E-state index in [0.717, 1.165) is 30.4 Å². The van der Waals surface area contributed by atoms with Gasteiger partial charge in [-0.05, 0) is 61.3 Å². The maximum Gasteiger partial charge on any atom is 0.434 e. The molecule has 30 heavy (non-hydrogen) atoms. The maximum atomic E-state index is 14.7. The number of benzene rings is 1. The summed E-state index contributed by atoms with van der Waals surface area (Å²) in [4.78, 5) is 11.5. The highest BCUT2D eigenvalue weighted by Gasteiger charge is 2.43. The Labute approximate surface area is 175 Å². The Bertz CT molecular complexity index is 1080. The minimum atomic E-state index is -3.88. The SMILES string of the molecule is Cc1ccc(F)c([C@@H](C)[C@H](NS(=O)(=O)N2CC3CCCC3C2)c2n[nH]c(=O)o2)c1C. The number of aryl methyl sites for hydroxylation is 1. The number of hydrogen-bond acceptors (Lipinski definition) is 5. The molecule has 1 saturated carbocycles. The summed E-state index contributed by atoms with van der Waals surface area (Å²) < 4.78 is 50.3. The van der Waals surface area contributed by atoms with E-state index in [-0.39, 0.29) is 5.89 Å². The fraction of sp³-hybridized carbons (Fsp3) is 0.600. The second-order valence-electron chi connectivity index (χ2n) is 8.51. The van der Waals surface area contributed by atoms with E-state index in [1.54, 1.807) is 19.9 Å². The zero-order valence-corrected chi connectivity index (χ0v) is 18.1. The van der Waals surface area contributed by atoms with Crippen LogP contribution in [0.5, 0.6) is 0 Å². The highest BCUT2D eigenvalue weighted by Crippen LogP contribution is 2.40. The third kappa shape index (κ3) is 3.83. The lowest BCUT2D eigenvalue weighted by Crippen LogP contribution is -2.43. The van der Waals surface area contributed by atoms with Crippen LogP contribution in [0.15, 0.2) is 21.3 Å². The van der Waals surface area contributed by atoms with Gasteiger partial charge >= 0.3 is 5.76 Å². The number of fused-ring (bicyclic) bond motifs is 1. The Morgan fingerprint density at radius 3 is 2.53 bits per heavy atom. The van der Waals surface area contributed by atoms with Gasteiger partial charge in [0.1, 0.15) is 11.9 Å². The first-order valence-electron chi connectivity index (χ1n) is 10.3. The zero-order valence-electron chi connectivity index (χ0n) is 17.3. The highest BCUT2D eigenvalue weighted by atomic mass is 32.2. The summed E-state index contributed by atoms with van der Waals surface area (Å²) in [6, 6.07) is 2.00. The van der Waals surface area contributed by atoms with Gasteiger partial charge in [-0.15, -0.1) is 5.10 Å². The molecule has 8 nitrogen and oxygen atoms in total. The van der Waals surface area contributed by atoms with E-state index in [4.69, 9.17) is 4.42 Å². The van der Waals surface area contributed by atoms with Gasteiger partial charge in [0.2, 0.25) is 5.89 Å². The van der Waals surface area contributed by atoms with Crippen molar-refractivity contribution >= 4 is 10.2 Å². The van der Waals surface area contributed by atoms with Crippen LogP contribution in [0.2, 0.25) is 0 Å². The minimum absolute atomic E-state index is 0.115. The van der Waals surface area contributed by atoms with Crippen LogP contribution in [0, 0.1) is 31.5 Å². The molecule has 10 heteroatoms. The lowest BCUT2D eigenvalue weighted by Gasteiger charge is -2.27. The quantitative estimate of drug-likeness (QED) is 0.721. The molecule has 2 aromatic rings. The third-order valence-electron chi connectivity index (χ3n) is 6.72. The number of nitrogens with one attached hydrogen (secondary N) is 2. The molecule has 0 spiro atoms. The van der Waals surface area contributed by atoms with Gasteiger partial charge < -0.3 is 4.42 Å². The third-order valence-corrected chi connectivity index (χ3v) is 8.25. The molecule has 1 aliphatic carbocycles. The van der Waals surface area contributed by atoms with Gasteiger partial charge in [0.15, 0.2) is 0 Å². The molecule has 1 aromatic carbocycles. The number of hydrogen-bond donors (Lipinski definition) is 2. The van der Waals surface area contributed by atoms with E-state index >= 15 is 0 Å². The van der Waals surface area contributed by atoms with Gasteiger partial charge in [-0.25, -0.2) is 14.3 Å². The molecule has 2 heterocycles. The normalized spacial score (nSPS) is 24.1. The summed E-state index contributed by atoms with van der Waals surface area (Å²) in [7, 11) is -3.88. The fourth-order valence-electron chi connectivity index (χ4n) is 4.89. The monoisotopic (exact) mass is 438 g/mol. The highest BCUT2D eigenvalue weighted by molar-refractivity contribution is 7.87. The van der Waals surface area contributed by atoms with Crippen LogP contribution in [0.1, 0.15) is 60.7 Å². The maximum absolute atomic E-state index is 14.7. The van der Waals surface area contributed by atoms with Crippen molar-refractivity contribution in [3.8, 4) is 0 Å². The van der Waals surface area contributed by atoms with Gasteiger partial charge in [-0.1, -0.05) is 19.4 Å². The van der Waals surface area contributed by atoms with Crippen LogP contribution in [0.25, 0.3) is 0 Å². The molecule has 1 aromatic heterocycles. The standard InChI is InChI=1S/C20H27FN4O4S/c1-11-7-8-16(21)17(12(11)2)13(3)18(19-22-23-20(26)29-19)24-30(27,28)25-9-14-5-4-6-15(14)10-25/h7-8,13-15,18,24H,4-6,9-10H2,1-3H3,(H,23,26)/t13-,14?,15?,18+/m1/s1. The molecule has 2 unspecified atom stereocenters. The molecule has 0 amide bonds. The van der Waals surface area contributed by atoms with Crippen molar-refractivity contribution in [2.75, 3.05) is 13.1 Å². The van der Waals surface area contributed by atoms with Crippen LogP contribution in [0.3, 0.4) is 0 Å². The molecule has 2 aliphatic rings. The number of aromatic nitrogens is 2. The average molecular weight is 439 g/mol. The van der Waals surface area contributed by atoms with Crippen LogP contribution in [0.4, 0.5) is 4.39 Å². The van der Waals surface area contributed by atoms with Gasteiger partial charge in [0, 0.05) is 19.0 Å². The number of rotatable bonds is 6. The largest absolute Gasteiger partial charge is 0.434 e. The second kappa shape index (κ2) is 7.90. The smallest absolute Gasteiger partial charge is 0.391 e. The van der Waals surface area contributed by atoms with Crippen LogP contribution in [-0.4, -0.2) is 36.0 Å². The summed E-state index contributed by atoms with van der Waals surface area (Å²) in [5.74, 6) is -1.24. The average Bonchev–Trinajstić information content (AvgIpc) is 3.39. The molecule has 164 valence electrons. The first kappa shape index (κ1) is 21.2. The Balaban J connectivity index is 1.68. The van der Waals surface area contributed by atoms with E-state index in [1.807, 2.05) is 6.92 Å². The molecular formula is C20H27FN4O4S. The van der Waals surface area contributed by atoms with Gasteiger partial charge in [0.05, 0.1) is 0 Å². The Kier molecular flexibility index (Phi) is 5.58. The van der Waals surface area contributed by atoms with E-state index in [9.17, 15) is 17.6 Å². The van der Waals surface area contributed by atoms with Crippen LogP contribution >= 0.6 is 0 Å². The fourth-order valence-corrected chi connectivity index (χ4v) is 6.44. The molecule has 1 aliphatic heterocycles. The van der Waals surface area contributed by atoms with Crippen molar-refractivity contribution < 1.29 is 17.2 Å². The van der Waals surface area contributed by atoms with Gasteiger partial charge in [-0.3, -0.25) is 0 Å². The summed E-state index contributed by atoms with van der Waals surface area (Å²) in [6.07, 6.45) is 3.22. The number of aromatic amines is 1. The van der Waals surface area contributed by atoms with Crippen molar-refractivity contribution in [3.05, 3.63) is 51.1 Å². The van der Waals surface area contributed by atoms with E-state index in [0.29, 0.717) is 30.5 Å². The summed E-state index contributed by atoms with van der Waals surface area (Å²) >= 11 is 0. The van der Waals surface area contributed by atoms with Gasteiger partial charge in [-0.2, -0.15) is 17.4 Å². The zero-order chi connectivity index (χ0) is 21.6. The Morgan fingerprint density at radius 1 is 1.27 bits per heavy atom. The molecule has 4 atom stereocenters. The summed E-state index contributed by atoms with van der Waals surface area (Å²) in [5, 5.41) is 6.01. The summed E-state index contributed by atoms with van der Waals surface area (Å²) in [5.41, 5.74) is 1.97. The van der Waals surface area contributed by atoms with Crippen LogP contribution in [-0.2, 0) is 10.2 Å². The lowest BCUT2D eigenvalue weighted by atomic mass is 9.88. The first-order valence-corrected chi connectivity index (χ1v) is 11.7. The Hall–Kier alpha value is -2.04. The van der Waals surface area contributed by atoms with E-state index in [1.165, 1.54) is 10.4 Å². The van der Waals surface area contributed by atoms with E-state index < -0.39 is 33.7 Å². The molecular weight excluding hydrogens is 411 g/mol. The first-order chi connectivity index (χ1) is 14.2. The molecule has 4 rings (SSSR count). The van der Waals surface area contributed by atoms with Gasteiger partial charge in [0.25, 0.3) is 10.2 Å². The van der Waals surface area contributed by atoms with Crippen molar-refractivity contribution in [2.24, 2.45) is 11.8 Å². The molecule has 0 bridgehead atoms. The molecule has 1 saturated heterocycles. The van der Waals surface area contributed by atoms with Crippen LogP contribution < -0.4 is 10.5 Å². The molecule has 0 radical (unpaired) electrons. The topological polar surface area (TPSA) is 108 Å². The second-order valence-corrected chi connectivity index (χ2v) is 10.2. The molecule has 2 N–H and O–H groups in total. The number of halogens is 1. The lowest BCUT2D eigenvalue weighted by molar-refractivity contribution is 0.362. The van der Waals surface area contributed by atoms with Crippen molar-refractivity contribution in [1.29, 1.82) is 0 Å². The summed E-state index contributed by atoms with van der Waals surface area (Å²) in [6.45, 7) is 6.30. The predicted molar refractivity (Wildman–Crippen MR) is 109 cm³/mol. The van der Waals surface area contributed by atoms with Crippen molar-refractivity contribution in [2.45, 2.75) is 52.0 Å². The Morgan fingerprint density at radius 2 is 1.93 bits per heavy atom. The number of H-pyrrole nitrogens is 1. The minimum Gasteiger partial charge on any atom is -0.391 e. The predicted octanol–water partition coefficient (Wildman–Crippen LogP) is 2.53. The van der Waals surface area contributed by atoms with E-state index in [2.05, 4.69) is 14.9 Å². The van der Waals surface area contributed by atoms with Crippen molar-refractivity contribution in [1.82, 2.24) is 19.2 Å².